The summed E-state index contributed by atoms with van der Waals surface area (Å²) in [4.78, 5) is 1.67. The molecule has 0 radical (unpaired) electrons. The van der Waals surface area contributed by atoms with Crippen LogP contribution >= 0.6 is 11.6 Å². The quantitative estimate of drug-likeness (QED) is 0.571. The number of rotatable bonds is 3. The van der Waals surface area contributed by atoms with Crippen LogP contribution in [0.2, 0.25) is 0 Å². The van der Waals surface area contributed by atoms with Crippen molar-refractivity contribution in [3.05, 3.63) is 18.5 Å². The number of allylic oxidation sites excluding steroid dienone is 1. The predicted molar refractivity (Wildman–Crippen MR) is 116 cm³/mol. The first kappa shape index (κ1) is 20.5. The highest BCUT2D eigenvalue weighted by molar-refractivity contribution is 6.30. The Labute approximate surface area is 184 Å². The molecule has 5 rings (SSSR count). The minimum atomic E-state index is -0.857. The second kappa shape index (κ2) is 7.64. The lowest BCUT2D eigenvalue weighted by molar-refractivity contribution is -0.0874. The van der Waals surface area contributed by atoms with Gasteiger partial charge in [-0.15, -0.1) is 10.2 Å². The van der Waals surface area contributed by atoms with Crippen molar-refractivity contribution in [2.75, 3.05) is 0 Å². The summed E-state index contributed by atoms with van der Waals surface area (Å²) >= 11 is 5.63. The zero-order valence-corrected chi connectivity index (χ0v) is 18.7. The van der Waals surface area contributed by atoms with Crippen LogP contribution in [0.4, 0.5) is 0 Å². The number of tetrazole rings is 1. The van der Waals surface area contributed by atoms with E-state index in [0.29, 0.717) is 23.8 Å². The third-order valence-electron chi connectivity index (χ3n) is 9.52. The lowest BCUT2D eigenvalue weighted by Crippen LogP contribution is -2.50. The Balaban J connectivity index is 1.31. The van der Waals surface area contributed by atoms with Crippen LogP contribution in [0.5, 0.6) is 0 Å². The van der Waals surface area contributed by atoms with Gasteiger partial charge in [0.15, 0.2) is 6.33 Å². The maximum Gasteiger partial charge on any atom is 0.162 e. The number of nitrogens with zero attached hydrogens (tertiary/aromatic N) is 4. The molecule has 5 nitrogen and oxygen atoms in total. The molecule has 1 heterocycles. The lowest BCUT2D eigenvalue weighted by atomic mass is 9.48. The van der Waals surface area contributed by atoms with Crippen LogP contribution in [0.15, 0.2) is 18.5 Å². The Morgan fingerprint density at radius 2 is 2.00 bits per heavy atom. The van der Waals surface area contributed by atoms with E-state index in [4.69, 9.17) is 11.6 Å². The van der Waals surface area contributed by atoms with Gasteiger partial charge in [-0.05, 0) is 116 Å². The zero-order chi connectivity index (χ0) is 20.9. The Morgan fingerprint density at radius 3 is 2.77 bits per heavy atom. The summed E-state index contributed by atoms with van der Waals surface area (Å²) in [6.07, 6.45) is 11.9. The molecule has 1 N–H and O–H groups in total. The third kappa shape index (κ3) is 3.31. The molecule has 0 spiro atoms. The van der Waals surface area contributed by atoms with Crippen LogP contribution in [0.1, 0.15) is 64.7 Å². The first-order valence-corrected chi connectivity index (χ1v) is 12.0. The van der Waals surface area contributed by atoms with E-state index < -0.39 is 5.60 Å². The normalized spacial score (nSPS) is 44.9. The van der Waals surface area contributed by atoms with Gasteiger partial charge in [0, 0.05) is 5.38 Å². The van der Waals surface area contributed by atoms with Crippen molar-refractivity contribution in [3.8, 4) is 11.3 Å². The fourth-order valence-electron chi connectivity index (χ4n) is 8.30. The van der Waals surface area contributed by atoms with E-state index in [2.05, 4.69) is 40.2 Å². The van der Waals surface area contributed by atoms with E-state index in [1.54, 1.807) is 4.80 Å². The van der Waals surface area contributed by atoms with Gasteiger partial charge in [0.2, 0.25) is 0 Å². The molecule has 4 saturated carbocycles. The summed E-state index contributed by atoms with van der Waals surface area (Å²) < 4.78 is 0. The first-order valence-electron chi connectivity index (χ1n) is 11.7. The Morgan fingerprint density at radius 1 is 1.17 bits per heavy atom. The van der Waals surface area contributed by atoms with E-state index in [1.807, 2.05) is 0 Å². The van der Waals surface area contributed by atoms with Crippen LogP contribution in [-0.4, -0.2) is 30.9 Å². The van der Waals surface area contributed by atoms with Crippen LogP contribution in [0.25, 0.3) is 0 Å². The molecular formula is C24H33ClN4O. The van der Waals surface area contributed by atoms with E-state index in [-0.39, 0.29) is 0 Å². The third-order valence-corrected chi connectivity index (χ3v) is 9.61. The van der Waals surface area contributed by atoms with E-state index in [9.17, 15) is 5.11 Å². The second-order valence-corrected chi connectivity index (χ2v) is 10.9. The largest absolute Gasteiger partial charge is 0.378 e. The maximum absolute atomic E-state index is 10.8. The molecule has 1 aromatic heterocycles. The van der Waals surface area contributed by atoms with Crippen LogP contribution in [0, 0.1) is 52.2 Å². The monoisotopic (exact) mass is 428 g/mol. The van der Waals surface area contributed by atoms with Gasteiger partial charge < -0.3 is 5.11 Å². The van der Waals surface area contributed by atoms with E-state index in [1.165, 1.54) is 50.4 Å². The van der Waals surface area contributed by atoms with Crippen molar-refractivity contribution in [1.29, 1.82) is 0 Å². The second-order valence-electron chi connectivity index (χ2n) is 10.7. The molecule has 0 bridgehead atoms. The van der Waals surface area contributed by atoms with Crippen molar-refractivity contribution < 1.29 is 5.11 Å². The fraction of sp³-hybridized carbons (Fsp3) is 0.792. The number of hydrogen-bond acceptors (Lipinski definition) is 4. The molecule has 0 saturated heterocycles. The van der Waals surface area contributed by atoms with Crippen molar-refractivity contribution in [2.24, 2.45) is 40.9 Å². The first-order chi connectivity index (χ1) is 14.4. The molecule has 1 aromatic rings. The van der Waals surface area contributed by atoms with E-state index >= 15 is 0 Å². The highest BCUT2D eigenvalue weighted by Gasteiger charge is 2.58. The highest BCUT2D eigenvalue weighted by atomic mass is 35.5. The van der Waals surface area contributed by atoms with Crippen LogP contribution in [-0.2, 0) is 6.54 Å². The van der Waals surface area contributed by atoms with Crippen molar-refractivity contribution in [3.63, 3.8) is 0 Å². The fourth-order valence-corrected chi connectivity index (χ4v) is 8.48. The molecule has 30 heavy (non-hydrogen) atoms. The Hall–Kier alpha value is -1.38. The topological polar surface area (TPSA) is 63.8 Å². The van der Waals surface area contributed by atoms with Gasteiger partial charge in [0.05, 0.1) is 6.54 Å². The average molecular weight is 429 g/mol. The molecule has 4 aliphatic carbocycles. The summed E-state index contributed by atoms with van der Waals surface area (Å²) in [6.45, 7) is 7.69. The SMILES string of the molecule is C=C(Cn1ncnn1)[C@H]1CC[C@H]2[C@@H]3CC[C@@H]4C[C@@](O)(C#CCl)CC[C@@H]4[C@H]3CC[C@]12C. The zero-order valence-electron chi connectivity index (χ0n) is 17.9. The minimum Gasteiger partial charge on any atom is -0.378 e. The van der Waals surface area contributed by atoms with Crippen molar-refractivity contribution in [2.45, 2.75) is 76.9 Å². The number of fused-ring (bicyclic) bond motifs is 5. The minimum absolute atomic E-state index is 0.352. The number of aromatic nitrogens is 4. The molecular weight excluding hydrogens is 396 g/mol. The van der Waals surface area contributed by atoms with Gasteiger partial charge in [0.1, 0.15) is 5.60 Å². The average Bonchev–Trinajstić information content (AvgIpc) is 3.34. The van der Waals surface area contributed by atoms with Crippen LogP contribution < -0.4 is 0 Å². The Kier molecular flexibility index (Phi) is 5.22. The van der Waals surface area contributed by atoms with Gasteiger partial charge >= 0.3 is 0 Å². The van der Waals surface area contributed by atoms with Gasteiger partial charge in [-0.3, -0.25) is 0 Å². The number of halogens is 1. The van der Waals surface area contributed by atoms with Gasteiger partial charge in [-0.2, -0.15) is 4.80 Å². The molecule has 0 aliphatic heterocycles. The molecule has 8 atom stereocenters. The summed E-state index contributed by atoms with van der Waals surface area (Å²) in [5.41, 5.74) is 0.767. The van der Waals surface area contributed by atoms with Crippen molar-refractivity contribution in [1.82, 2.24) is 20.2 Å². The standard InChI is InChI=1S/C24H33ClN4O/c1-16(14-29-27-15-26-28-29)21-5-6-22-20-4-3-17-13-24(30,11-12-25)10-8-18(17)19(20)7-9-23(21,22)2/h15,17-22,30H,1,3-10,13-14H2,2H3/t17-,18+,19-,20-,21-,22+,23-,24+/m1/s1. The van der Waals surface area contributed by atoms with Gasteiger partial charge in [-0.1, -0.05) is 25.0 Å². The predicted octanol–water partition coefficient (Wildman–Crippen LogP) is 4.43. The van der Waals surface area contributed by atoms with Crippen LogP contribution in [0.3, 0.4) is 0 Å². The molecule has 0 aromatic carbocycles. The molecule has 6 heteroatoms. The number of hydrogen-bond donors (Lipinski definition) is 1. The number of aliphatic hydroxyl groups is 1. The molecule has 4 aliphatic rings. The Bertz CT molecular complexity index is 860. The van der Waals surface area contributed by atoms with Gasteiger partial charge in [0.25, 0.3) is 0 Å². The highest BCUT2D eigenvalue weighted by Crippen LogP contribution is 2.65. The lowest BCUT2D eigenvalue weighted by Gasteiger charge is -2.57. The van der Waals surface area contributed by atoms with E-state index in [0.717, 1.165) is 42.9 Å². The molecule has 4 fully saturated rings. The summed E-state index contributed by atoms with van der Waals surface area (Å²) in [7, 11) is 0. The summed E-state index contributed by atoms with van der Waals surface area (Å²) in [5.74, 6) is 7.26. The summed E-state index contributed by atoms with van der Waals surface area (Å²) in [5, 5.41) is 25.3. The summed E-state index contributed by atoms with van der Waals surface area (Å²) in [6, 6.07) is 0. The van der Waals surface area contributed by atoms with Crippen molar-refractivity contribution >= 4 is 11.6 Å². The molecule has 0 unspecified atom stereocenters. The maximum atomic E-state index is 10.8. The van der Waals surface area contributed by atoms with Gasteiger partial charge in [-0.25, -0.2) is 0 Å². The molecule has 162 valence electrons. The smallest absolute Gasteiger partial charge is 0.162 e. The molecule has 0 amide bonds.